The fourth-order valence-corrected chi connectivity index (χ4v) is 2.74. The Morgan fingerprint density at radius 3 is 2.40 bits per heavy atom. The number of amides is 2. The Morgan fingerprint density at radius 1 is 1.20 bits per heavy atom. The maximum atomic E-state index is 12.4. The summed E-state index contributed by atoms with van der Waals surface area (Å²) in [5.74, 6) is -0.0458. The molecule has 0 saturated carbocycles. The van der Waals surface area contributed by atoms with E-state index in [0.717, 1.165) is 12.8 Å². The maximum Gasteiger partial charge on any atom is 0.246 e. The molecule has 1 atom stereocenters. The van der Waals surface area contributed by atoms with Crippen molar-refractivity contribution >= 4 is 11.8 Å². The quantitative estimate of drug-likeness (QED) is 0.690. The highest BCUT2D eigenvalue weighted by atomic mass is 16.5. The second-order valence-electron chi connectivity index (χ2n) is 5.39. The van der Waals surface area contributed by atoms with Gasteiger partial charge in [0.15, 0.2) is 0 Å². The Labute approximate surface area is 122 Å². The van der Waals surface area contributed by atoms with Crippen LogP contribution in [0.1, 0.15) is 53.4 Å². The Hall–Kier alpha value is -1.10. The fraction of sp³-hybridized carbons (Fsp3) is 0.867. The van der Waals surface area contributed by atoms with Gasteiger partial charge >= 0.3 is 0 Å². The van der Waals surface area contributed by atoms with Gasteiger partial charge in [0.1, 0.15) is 11.6 Å². The zero-order valence-electron chi connectivity index (χ0n) is 13.2. The topological polar surface area (TPSA) is 58.6 Å². The van der Waals surface area contributed by atoms with Crippen LogP contribution < -0.4 is 5.32 Å². The summed E-state index contributed by atoms with van der Waals surface area (Å²) in [6.07, 6.45) is 3.37. The first-order valence-electron chi connectivity index (χ1n) is 7.73. The van der Waals surface area contributed by atoms with Crippen molar-refractivity contribution in [1.82, 2.24) is 10.2 Å². The minimum atomic E-state index is -0.711. The Balaban J connectivity index is 2.74. The van der Waals surface area contributed by atoms with E-state index in [2.05, 4.69) is 12.2 Å². The van der Waals surface area contributed by atoms with Crippen LogP contribution in [0, 0.1) is 0 Å². The molecule has 0 aromatic carbocycles. The number of carbonyl (C=O) groups excluding carboxylic acids is 2. The zero-order chi connectivity index (χ0) is 15.2. The van der Waals surface area contributed by atoms with Gasteiger partial charge in [0.05, 0.1) is 6.61 Å². The molecule has 5 nitrogen and oxygen atoms in total. The number of nitrogens with zero attached hydrogens (tertiary/aromatic N) is 1. The standard InChI is InChI=1S/C15H28N2O3/c1-5-8-10-20-11-9-17-13(18)12(4)16-14(19)15(17,6-2)7-3/h12H,5-11H2,1-4H3,(H,16,19). The molecule has 1 aliphatic rings. The summed E-state index contributed by atoms with van der Waals surface area (Å²) in [5, 5.41) is 2.79. The molecule has 1 N–H and O–H groups in total. The van der Waals surface area contributed by atoms with Gasteiger partial charge in [0.25, 0.3) is 0 Å². The molecule has 0 spiro atoms. The molecule has 1 fully saturated rings. The minimum Gasteiger partial charge on any atom is -0.380 e. The second-order valence-corrected chi connectivity index (χ2v) is 5.39. The molecule has 1 rings (SSSR count). The van der Waals surface area contributed by atoms with Gasteiger partial charge in [0, 0.05) is 13.2 Å². The van der Waals surface area contributed by atoms with Crippen LogP contribution in [-0.4, -0.2) is 48.1 Å². The van der Waals surface area contributed by atoms with E-state index in [4.69, 9.17) is 4.74 Å². The number of piperazine rings is 1. The number of unbranched alkanes of at least 4 members (excludes halogenated alkanes) is 1. The molecule has 1 heterocycles. The lowest BCUT2D eigenvalue weighted by Gasteiger charge is -2.47. The molecule has 1 aliphatic heterocycles. The normalized spacial score (nSPS) is 22.0. The first-order valence-corrected chi connectivity index (χ1v) is 7.73. The van der Waals surface area contributed by atoms with E-state index in [1.165, 1.54) is 0 Å². The fourth-order valence-electron chi connectivity index (χ4n) is 2.74. The second kappa shape index (κ2) is 7.62. The van der Waals surface area contributed by atoms with E-state index >= 15 is 0 Å². The molecule has 2 amide bonds. The van der Waals surface area contributed by atoms with Crippen molar-refractivity contribution in [2.75, 3.05) is 19.8 Å². The van der Waals surface area contributed by atoms with Gasteiger partial charge < -0.3 is 15.0 Å². The summed E-state index contributed by atoms with van der Waals surface area (Å²) in [6.45, 7) is 9.46. The number of hydrogen-bond donors (Lipinski definition) is 1. The molecule has 116 valence electrons. The van der Waals surface area contributed by atoms with Crippen molar-refractivity contribution in [2.45, 2.75) is 65.0 Å². The smallest absolute Gasteiger partial charge is 0.246 e. The van der Waals surface area contributed by atoms with Crippen molar-refractivity contribution in [3.63, 3.8) is 0 Å². The first kappa shape index (κ1) is 17.0. The van der Waals surface area contributed by atoms with Gasteiger partial charge in [-0.2, -0.15) is 0 Å². The summed E-state index contributed by atoms with van der Waals surface area (Å²) < 4.78 is 5.55. The van der Waals surface area contributed by atoms with Gasteiger partial charge in [-0.05, 0) is 26.2 Å². The summed E-state index contributed by atoms with van der Waals surface area (Å²) in [5.41, 5.74) is -0.711. The number of nitrogens with one attached hydrogen (secondary N) is 1. The minimum absolute atomic E-state index is 0.00704. The van der Waals surface area contributed by atoms with Crippen molar-refractivity contribution in [1.29, 1.82) is 0 Å². The van der Waals surface area contributed by atoms with Gasteiger partial charge in [-0.1, -0.05) is 27.2 Å². The Kier molecular flexibility index (Phi) is 6.46. The van der Waals surface area contributed by atoms with Crippen LogP contribution in [0.3, 0.4) is 0 Å². The maximum absolute atomic E-state index is 12.4. The van der Waals surface area contributed by atoms with E-state index in [0.29, 0.717) is 32.6 Å². The van der Waals surface area contributed by atoms with Crippen LogP contribution in [0.25, 0.3) is 0 Å². The average Bonchev–Trinajstić information content (AvgIpc) is 2.44. The summed E-state index contributed by atoms with van der Waals surface area (Å²) >= 11 is 0. The van der Waals surface area contributed by atoms with E-state index < -0.39 is 11.6 Å². The Morgan fingerprint density at radius 2 is 1.85 bits per heavy atom. The largest absolute Gasteiger partial charge is 0.380 e. The molecule has 5 heteroatoms. The van der Waals surface area contributed by atoms with Crippen LogP contribution in [0.2, 0.25) is 0 Å². The van der Waals surface area contributed by atoms with E-state index in [9.17, 15) is 9.59 Å². The molecule has 0 aromatic rings. The SMILES string of the molecule is CCCCOCCN1C(=O)C(C)NC(=O)C1(CC)CC. The zero-order valence-corrected chi connectivity index (χ0v) is 13.2. The Bertz CT molecular complexity index is 340. The number of hydrogen-bond acceptors (Lipinski definition) is 3. The molecular formula is C15H28N2O3. The molecule has 0 aliphatic carbocycles. The lowest BCUT2D eigenvalue weighted by Crippen LogP contribution is -2.70. The molecule has 20 heavy (non-hydrogen) atoms. The first-order chi connectivity index (χ1) is 9.53. The lowest BCUT2D eigenvalue weighted by atomic mass is 9.86. The van der Waals surface area contributed by atoms with Crippen molar-refractivity contribution in [3.8, 4) is 0 Å². The third-order valence-electron chi connectivity index (χ3n) is 4.19. The highest BCUT2D eigenvalue weighted by molar-refractivity contribution is 5.99. The molecule has 0 radical (unpaired) electrons. The van der Waals surface area contributed by atoms with Crippen molar-refractivity contribution in [3.05, 3.63) is 0 Å². The summed E-state index contributed by atoms with van der Waals surface area (Å²) in [4.78, 5) is 26.4. The van der Waals surface area contributed by atoms with Gasteiger partial charge in [-0.15, -0.1) is 0 Å². The van der Waals surface area contributed by atoms with Crippen LogP contribution in [0.4, 0.5) is 0 Å². The number of rotatable bonds is 8. The van der Waals surface area contributed by atoms with Crippen molar-refractivity contribution in [2.24, 2.45) is 0 Å². The van der Waals surface area contributed by atoms with Gasteiger partial charge in [0.2, 0.25) is 11.8 Å². The summed E-state index contributed by atoms with van der Waals surface area (Å²) in [7, 11) is 0. The highest BCUT2D eigenvalue weighted by Gasteiger charge is 2.48. The summed E-state index contributed by atoms with van der Waals surface area (Å²) in [6, 6.07) is -0.440. The molecular weight excluding hydrogens is 256 g/mol. The van der Waals surface area contributed by atoms with Crippen LogP contribution in [0.15, 0.2) is 0 Å². The molecule has 0 bridgehead atoms. The van der Waals surface area contributed by atoms with Gasteiger partial charge in [-0.3, -0.25) is 9.59 Å². The average molecular weight is 284 g/mol. The molecule has 0 aromatic heterocycles. The van der Waals surface area contributed by atoms with E-state index in [1.54, 1.807) is 11.8 Å². The molecule has 1 unspecified atom stereocenters. The predicted octanol–water partition coefficient (Wildman–Crippen LogP) is 1.71. The monoisotopic (exact) mass is 284 g/mol. The molecule has 1 saturated heterocycles. The number of carbonyl (C=O) groups is 2. The van der Waals surface area contributed by atoms with Crippen LogP contribution in [-0.2, 0) is 14.3 Å². The lowest BCUT2D eigenvalue weighted by molar-refractivity contribution is -0.158. The third kappa shape index (κ3) is 3.32. The highest BCUT2D eigenvalue weighted by Crippen LogP contribution is 2.28. The van der Waals surface area contributed by atoms with Crippen molar-refractivity contribution < 1.29 is 14.3 Å². The predicted molar refractivity (Wildman–Crippen MR) is 78.4 cm³/mol. The third-order valence-corrected chi connectivity index (χ3v) is 4.19. The van der Waals surface area contributed by atoms with Gasteiger partial charge in [-0.25, -0.2) is 0 Å². The van der Waals surface area contributed by atoms with E-state index in [-0.39, 0.29) is 11.8 Å². The van der Waals surface area contributed by atoms with Crippen LogP contribution in [0.5, 0.6) is 0 Å². The van der Waals surface area contributed by atoms with Crippen LogP contribution >= 0.6 is 0 Å². The number of ether oxygens (including phenoxy) is 1. The van der Waals surface area contributed by atoms with E-state index in [1.807, 2.05) is 13.8 Å².